The Kier molecular flexibility index (Phi) is 3.04. The van der Waals surface area contributed by atoms with Gasteiger partial charge in [0.1, 0.15) is 0 Å². The second-order valence-electron chi connectivity index (χ2n) is 4.17. The molecular weight excluding hydrogens is 199 g/mol. The first-order chi connectivity index (χ1) is 6.81. The lowest BCUT2D eigenvalue weighted by Crippen LogP contribution is -2.34. The van der Waals surface area contributed by atoms with E-state index < -0.39 is 22.0 Å². The molecule has 0 bridgehead atoms. The fourth-order valence-electron chi connectivity index (χ4n) is 1.33. The van der Waals surface area contributed by atoms with Crippen LogP contribution >= 0.6 is 0 Å². The van der Waals surface area contributed by atoms with Gasteiger partial charge in [0.25, 0.3) is 0 Å². The van der Waals surface area contributed by atoms with Gasteiger partial charge in [0.2, 0.25) is 5.82 Å². The number of nitro benzene ring substituents is 1. The van der Waals surface area contributed by atoms with E-state index in [1.807, 2.05) is 0 Å². The predicted molar refractivity (Wildman–Crippen MR) is 55.0 cm³/mol. The molecule has 0 heterocycles. The molecule has 2 N–H and O–H groups in total. The number of benzene rings is 1. The Hall–Kier alpha value is -1.49. The smallest absolute Gasteiger partial charge is 0.305 e. The maximum absolute atomic E-state index is 13.6. The number of rotatable bonds is 3. The fourth-order valence-corrected chi connectivity index (χ4v) is 1.33. The minimum Gasteiger partial charge on any atom is -0.325 e. The molecule has 0 unspecified atom stereocenters. The molecule has 0 amide bonds. The molecule has 0 radical (unpaired) electrons. The lowest BCUT2D eigenvalue weighted by atomic mass is 9.95. The van der Waals surface area contributed by atoms with Crippen molar-refractivity contribution >= 4 is 5.69 Å². The number of hydrogen-bond donors (Lipinski definition) is 1. The van der Waals surface area contributed by atoms with Gasteiger partial charge in [-0.2, -0.15) is 4.39 Å². The van der Waals surface area contributed by atoms with Gasteiger partial charge in [-0.05, 0) is 25.8 Å². The Morgan fingerprint density at radius 1 is 1.53 bits per heavy atom. The standard InChI is InChI=1S/C10H13FN2O2/c1-10(2,12)6-7-4-3-5-8(9(7)11)13(14)15/h3-5H,6,12H2,1-2H3. The highest BCUT2D eigenvalue weighted by molar-refractivity contribution is 5.37. The second kappa shape index (κ2) is 3.94. The zero-order chi connectivity index (χ0) is 11.6. The zero-order valence-corrected chi connectivity index (χ0v) is 8.66. The highest BCUT2D eigenvalue weighted by atomic mass is 19.1. The van der Waals surface area contributed by atoms with E-state index in [0.717, 1.165) is 6.07 Å². The summed E-state index contributed by atoms with van der Waals surface area (Å²) in [5.41, 5.74) is 4.91. The molecule has 0 aromatic heterocycles. The maximum Gasteiger partial charge on any atom is 0.305 e. The Balaban J connectivity index is 3.10. The zero-order valence-electron chi connectivity index (χ0n) is 8.66. The molecule has 1 aromatic carbocycles. The van der Waals surface area contributed by atoms with Crippen molar-refractivity contribution in [1.82, 2.24) is 0 Å². The van der Waals surface area contributed by atoms with Crippen LogP contribution in [0.5, 0.6) is 0 Å². The molecule has 0 saturated carbocycles. The first-order valence-electron chi connectivity index (χ1n) is 4.52. The summed E-state index contributed by atoms with van der Waals surface area (Å²) in [5.74, 6) is -0.791. The van der Waals surface area contributed by atoms with Crippen LogP contribution in [-0.4, -0.2) is 10.5 Å². The van der Waals surface area contributed by atoms with Crippen molar-refractivity contribution in [2.24, 2.45) is 5.73 Å². The van der Waals surface area contributed by atoms with Crippen LogP contribution in [0.15, 0.2) is 18.2 Å². The summed E-state index contributed by atoms with van der Waals surface area (Å²) in [6, 6.07) is 4.11. The lowest BCUT2D eigenvalue weighted by Gasteiger charge is -2.18. The van der Waals surface area contributed by atoms with E-state index in [4.69, 9.17) is 5.73 Å². The van der Waals surface area contributed by atoms with E-state index in [-0.39, 0.29) is 12.0 Å². The summed E-state index contributed by atoms with van der Waals surface area (Å²) in [6.07, 6.45) is 0.264. The van der Waals surface area contributed by atoms with Crippen LogP contribution in [0.2, 0.25) is 0 Å². The molecule has 15 heavy (non-hydrogen) atoms. The van der Waals surface area contributed by atoms with E-state index in [9.17, 15) is 14.5 Å². The normalized spacial score (nSPS) is 11.5. The van der Waals surface area contributed by atoms with E-state index in [1.54, 1.807) is 13.8 Å². The van der Waals surface area contributed by atoms with Crippen LogP contribution in [0, 0.1) is 15.9 Å². The summed E-state index contributed by atoms with van der Waals surface area (Å²) in [4.78, 5) is 9.74. The molecule has 1 aromatic rings. The van der Waals surface area contributed by atoms with Crippen molar-refractivity contribution in [3.63, 3.8) is 0 Å². The van der Waals surface area contributed by atoms with Crippen molar-refractivity contribution in [2.45, 2.75) is 25.8 Å². The van der Waals surface area contributed by atoms with Gasteiger partial charge in [-0.25, -0.2) is 0 Å². The third-order valence-electron chi connectivity index (χ3n) is 1.90. The van der Waals surface area contributed by atoms with Crippen LogP contribution in [0.3, 0.4) is 0 Å². The summed E-state index contributed by atoms with van der Waals surface area (Å²) < 4.78 is 13.6. The third kappa shape index (κ3) is 2.99. The van der Waals surface area contributed by atoms with Crippen LogP contribution in [0.25, 0.3) is 0 Å². The third-order valence-corrected chi connectivity index (χ3v) is 1.90. The highest BCUT2D eigenvalue weighted by Crippen LogP contribution is 2.22. The summed E-state index contributed by atoms with van der Waals surface area (Å²) in [7, 11) is 0. The van der Waals surface area contributed by atoms with Gasteiger partial charge < -0.3 is 5.73 Å². The quantitative estimate of drug-likeness (QED) is 0.615. The van der Waals surface area contributed by atoms with Crippen molar-refractivity contribution in [3.8, 4) is 0 Å². The number of nitrogens with zero attached hydrogens (tertiary/aromatic N) is 1. The molecule has 4 nitrogen and oxygen atoms in total. The molecular formula is C10H13FN2O2. The largest absolute Gasteiger partial charge is 0.325 e. The average Bonchev–Trinajstić information content (AvgIpc) is 2.05. The fraction of sp³-hybridized carbons (Fsp3) is 0.400. The van der Waals surface area contributed by atoms with Crippen LogP contribution in [0.1, 0.15) is 19.4 Å². The van der Waals surface area contributed by atoms with Gasteiger partial charge in [0.15, 0.2) is 0 Å². The van der Waals surface area contributed by atoms with Crippen LogP contribution in [0.4, 0.5) is 10.1 Å². The molecule has 0 atom stereocenters. The van der Waals surface area contributed by atoms with E-state index in [1.165, 1.54) is 12.1 Å². The Morgan fingerprint density at radius 3 is 2.60 bits per heavy atom. The van der Waals surface area contributed by atoms with Crippen molar-refractivity contribution in [2.75, 3.05) is 0 Å². The van der Waals surface area contributed by atoms with Gasteiger partial charge >= 0.3 is 5.69 Å². The number of halogens is 1. The minimum absolute atomic E-state index is 0.264. The summed E-state index contributed by atoms with van der Waals surface area (Å²) in [6.45, 7) is 3.48. The Bertz CT molecular complexity index is 385. The number of nitro groups is 1. The summed E-state index contributed by atoms with van der Waals surface area (Å²) in [5, 5.41) is 10.5. The molecule has 5 heteroatoms. The second-order valence-corrected chi connectivity index (χ2v) is 4.17. The molecule has 82 valence electrons. The van der Waals surface area contributed by atoms with Crippen LogP contribution in [-0.2, 0) is 6.42 Å². The van der Waals surface area contributed by atoms with E-state index in [2.05, 4.69) is 0 Å². The van der Waals surface area contributed by atoms with E-state index >= 15 is 0 Å². The van der Waals surface area contributed by atoms with E-state index in [0.29, 0.717) is 0 Å². The van der Waals surface area contributed by atoms with Gasteiger partial charge in [-0.3, -0.25) is 10.1 Å². The first-order valence-corrected chi connectivity index (χ1v) is 4.52. The molecule has 0 fully saturated rings. The van der Waals surface area contributed by atoms with Gasteiger partial charge in [0.05, 0.1) is 4.92 Å². The number of hydrogen-bond acceptors (Lipinski definition) is 3. The molecule has 0 aliphatic carbocycles. The van der Waals surface area contributed by atoms with Gasteiger partial charge in [-0.15, -0.1) is 0 Å². The summed E-state index contributed by atoms with van der Waals surface area (Å²) >= 11 is 0. The number of nitrogens with two attached hydrogens (primary N) is 1. The highest BCUT2D eigenvalue weighted by Gasteiger charge is 2.21. The van der Waals surface area contributed by atoms with Crippen molar-refractivity contribution < 1.29 is 9.31 Å². The SMILES string of the molecule is CC(C)(N)Cc1cccc([N+](=O)[O-])c1F. The van der Waals surface area contributed by atoms with Gasteiger partial charge in [0, 0.05) is 11.6 Å². The van der Waals surface area contributed by atoms with Crippen LogP contribution < -0.4 is 5.73 Å². The lowest BCUT2D eigenvalue weighted by molar-refractivity contribution is -0.387. The molecule has 1 rings (SSSR count). The maximum atomic E-state index is 13.6. The first kappa shape index (κ1) is 11.6. The minimum atomic E-state index is -0.791. The Morgan fingerprint density at radius 2 is 2.13 bits per heavy atom. The van der Waals surface area contributed by atoms with Crippen molar-refractivity contribution in [3.05, 3.63) is 39.7 Å². The molecule has 0 saturated heterocycles. The van der Waals surface area contributed by atoms with Gasteiger partial charge in [-0.1, -0.05) is 12.1 Å². The molecule has 0 aliphatic heterocycles. The monoisotopic (exact) mass is 212 g/mol. The van der Waals surface area contributed by atoms with Crippen molar-refractivity contribution in [1.29, 1.82) is 0 Å². The topological polar surface area (TPSA) is 69.2 Å². The Labute approximate surface area is 87.0 Å². The molecule has 0 aliphatic rings. The average molecular weight is 212 g/mol. The molecule has 0 spiro atoms. The predicted octanol–water partition coefficient (Wildman–Crippen LogP) is 2.01.